The maximum absolute atomic E-state index is 14.4. The third-order valence-electron chi connectivity index (χ3n) is 5.20. The fourth-order valence-electron chi connectivity index (χ4n) is 2.92. The van der Waals surface area contributed by atoms with Crippen molar-refractivity contribution in [1.29, 1.82) is 0 Å². The average Bonchev–Trinajstić information content (AvgIpc) is 2.80. The van der Waals surface area contributed by atoms with Crippen molar-refractivity contribution in [3.8, 4) is 0 Å². The molecule has 0 aromatic carbocycles. The Hall–Kier alpha value is -1.13. The molecular weight excluding hydrogens is 684 g/mol. The van der Waals surface area contributed by atoms with E-state index < -0.39 is 94.6 Å². The van der Waals surface area contributed by atoms with Gasteiger partial charge in [0.15, 0.2) is 0 Å². The number of hydrogen-bond donors (Lipinski definition) is 0. The molecule has 0 saturated carbocycles. The molecule has 0 spiro atoms. The molecule has 0 fully saturated rings. The van der Waals surface area contributed by atoms with Gasteiger partial charge in [-0.05, 0) is 20.3 Å². The summed E-state index contributed by atoms with van der Waals surface area (Å²) in [4.78, 5) is 0. The molecule has 6 nitrogen and oxygen atoms in total. The second-order valence-corrected chi connectivity index (χ2v) is 12.1. The van der Waals surface area contributed by atoms with Crippen molar-refractivity contribution >= 4 is 17.6 Å². The molecule has 0 rings (SSSR count). The maximum Gasteiger partial charge on any atom is 0.460 e. The Kier molecular flexibility index (Phi) is 12.0. The molecule has 0 saturated heterocycles. The molecule has 25 heteroatoms. The van der Waals surface area contributed by atoms with Gasteiger partial charge in [0.05, 0.1) is 19.4 Å². The fraction of sp³-hybridized carbons (Fsp3) is 1.00. The van der Waals surface area contributed by atoms with Crippen LogP contribution in [-0.4, -0.2) is 92.2 Å². The minimum absolute atomic E-state index is 0.306. The molecular formula is C17H21F17NO5PS. The molecule has 0 N–H and O–H groups in total. The van der Waals surface area contributed by atoms with Gasteiger partial charge in [-0.2, -0.15) is 78.9 Å². The molecule has 0 aromatic heterocycles. The van der Waals surface area contributed by atoms with Crippen molar-refractivity contribution in [2.45, 2.75) is 74.2 Å². The zero-order valence-corrected chi connectivity index (χ0v) is 22.7. The third kappa shape index (κ3) is 6.33. The average molecular weight is 705 g/mol. The van der Waals surface area contributed by atoms with Crippen molar-refractivity contribution in [2.24, 2.45) is 0 Å². The molecule has 0 radical (unpaired) electrons. The van der Waals surface area contributed by atoms with E-state index in [0.29, 0.717) is 6.92 Å². The molecule has 0 aliphatic rings. The van der Waals surface area contributed by atoms with Crippen molar-refractivity contribution < 1.29 is 96.7 Å². The lowest BCUT2D eigenvalue weighted by Crippen LogP contribution is -2.75. The molecule has 0 unspecified atom stereocenters. The Bertz CT molecular complexity index is 1070. The van der Waals surface area contributed by atoms with E-state index in [1.54, 1.807) is 0 Å². The van der Waals surface area contributed by atoms with Gasteiger partial charge in [0, 0.05) is 13.1 Å². The van der Waals surface area contributed by atoms with Gasteiger partial charge in [-0.3, -0.25) is 4.57 Å². The van der Waals surface area contributed by atoms with E-state index in [1.807, 2.05) is 0 Å². The Morgan fingerprint density at radius 1 is 0.595 bits per heavy atom. The molecule has 0 aromatic rings. The smallest absolute Gasteiger partial charge is 0.309 e. The van der Waals surface area contributed by atoms with Crippen LogP contribution in [0.25, 0.3) is 0 Å². The highest BCUT2D eigenvalue weighted by atomic mass is 32.2. The Morgan fingerprint density at radius 2 is 0.929 bits per heavy atom. The summed E-state index contributed by atoms with van der Waals surface area (Å²) in [6.45, 7) is -0.374. The van der Waals surface area contributed by atoms with Crippen molar-refractivity contribution in [3.63, 3.8) is 0 Å². The van der Waals surface area contributed by atoms with Gasteiger partial charge in [-0.15, -0.1) is 0 Å². The molecule has 0 bridgehead atoms. The monoisotopic (exact) mass is 705 g/mol. The maximum atomic E-state index is 14.4. The number of sulfonamides is 1. The molecule has 0 amide bonds. The summed E-state index contributed by atoms with van der Waals surface area (Å²) in [5.41, 5.74) is 0. The first kappa shape index (κ1) is 40.9. The van der Waals surface area contributed by atoms with E-state index >= 15 is 0 Å². The van der Waals surface area contributed by atoms with Crippen LogP contribution in [0.2, 0.25) is 0 Å². The number of rotatable bonds is 17. The van der Waals surface area contributed by atoms with Gasteiger partial charge in [-0.1, -0.05) is 6.92 Å². The quantitative estimate of drug-likeness (QED) is 0.118. The lowest BCUT2D eigenvalue weighted by atomic mass is 9.91. The van der Waals surface area contributed by atoms with E-state index in [-0.39, 0.29) is 13.2 Å². The van der Waals surface area contributed by atoms with Crippen molar-refractivity contribution in [3.05, 3.63) is 0 Å². The van der Waals surface area contributed by atoms with E-state index in [4.69, 9.17) is 9.05 Å². The number of alkyl halides is 17. The van der Waals surface area contributed by atoms with Gasteiger partial charge in [0.2, 0.25) is 0 Å². The minimum atomic E-state index is -8.90. The number of halogens is 17. The van der Waals surface area contributed by atoms with E-state index in [1.165, 1.54) is 13.8 Å². The molecule has 0 heterocycles. The van der Waals surface area contributed by atoms with Crippen LogP contribution >= 0.6 is 7.60 Å². The molecule has 0 aliphatic heterocycles. The molecule has 0 aliphatic carbocycles. The van der Waals surface area contributed by atoms with Crippen LogP contribution in [0.1, 0.15) is 27.2 Å². The predicted molar refractivity (Wildman–Crippen MR) is 107 cm³/mol. The van der Waals surface area contributed by atoms with Crippen molar-refractivity contribution in [1.82, 2.24) is 4.31 Å². The lowest BCUT2D eigenvalue weighted by Gasteiger charge is -2.43. The second-order valence-electron chi connectivity index (χ2n) is 7.98. The van der Waals surface area contributed by atoms with Crippen LogP contribution in [0.15, 0.2) is 0 Å². The van der Waals surface area contributed by atoms with Crippen LogP contribution < -0.4 is 0 Å². The molecule has 42 heavy (non-hydrogen) atoms. The van der Waals surface area contributed by atoms with Gasteiger partial charge in [0.1, 0.15) is 0 Å². The number of nitrogens with zero attached hydrogens (tertiary/aromatic N) is 1. The highest BCUT2D eigenvalue weighted by Crippen LogP contribution is 2.64. The predicted octanol–water partition coefficient (Wildman–Crippen LogP) is 7.26. The summed E-state index contributed by atoms with van der Waals surface area (Å²) in [6, 6.07) is 0. The van der Waals surface area contributed by atoms with Gasteiger partial charge < -0.3 is 9.05 Å². The zero-order valence-electron chi connectivity index (χ0n) is 21.0. The summed E-state index contributed by atoms with van der Waals surface area (Å²) < 4.78 is 274. The Morgan fingerprint density at radius 3 is 1.24 bits per heavy atom. The van der Waals surface area contributed by atoms with E-state index in [9.17, 15) is 87.6 Å². The van der Waals surface area contributed by atoms with Gasteiger partial charge in [-0.25, -0.2) is 8.42 Å². The zero-order chi connectivity index (χ0) is 34.2. The van der Waals surface area contributed by atoms with Gasteiger partial charge >= 0.3 is 54.6 Å². The third-order valence-corrected chi connectivity index (χ3v) is 9.39. The number of hydrogen-bond acceptors (Lipinski definition) is 5. The summed E-state index contributed by atoms with van der Waals surface area (Å²) in [6.07, 6.45) is -9.68. The minimum Gasteiger partial charge on any atom is -0.309 e. The Labute approximate surface area is 226 Å². The first-order chi connectivity index (χ1) is 18.3. The van der Waals surface area contributed by atoms with Crippen LogP contribution in [0, 0.1) is 0 Å². The standard InChI is InChI=1S/C17H21F17NO5PS/c1-4-35(8-7-9-41(36,39-5-2)40-6-3)42(37,38)17(33,34)15(28,29)13(24,25)11(20,21)10(18,19)12(22,23)14(26,27)16(30,31)32/h4-9H2,1-3H3. The van der Waals surface area contributed by atoms with Crippen LogP contribution in [0.5, 0.6) is 0 Å². The highest BCUT2D eigenvalue weighted by molar-refractivity contribution is 7.90. The Balaban J connectivity index is 6.71. The van der Waals surface area contributed by atoms with Gasteiger partial charge in [0.25, 0.3) is 10.0 Å². The van der Waals surface area contributed by atoms with Crippen LogP contribution in [0.4, 0.5) is 74.6 Å². The fourth-order valence-corrected chi connectivity index (χ4v) is 6.06. The first-order valence-corrected chi connectivity index (χ1v) is 14.0. The summed E-state index contributed by atoms with van der Waals surface area (Å²) in [7, 11) is -11.5. The summed E-state index contributed by atoms with van der Waals surface area (Å²) >= 11 is 0. The first-order valence-electron chi connectivity index (χ1n) is 10.9. The SMILES string of the molecule is CCOP(=O)(CCCN(CC)S(=O)(=O)C(F)(F)C(F)(F)C(F)(F)C(F)(F)C(F)(F)C(F)(F)C(F)(F)C(F)(F)F)OCC. The molecule has 0 atom stereocenters. The van der Waals surface area contributed by atoms with Crippen LogP contribution in [0.3, 0.4) is 0 Å². The largest absolute Gasteiger partial charge is 0.460 e. The topological polar surface area (TPSA) is 72.9 Å². The summed E-state index contributed by atoms with van der Waals surface area (Å²) in [5.74, 6) is -52.0. The lowest BCUT2D eigenvalue weighted by molar-refractivity contribution is -0.458. The highest BCUT2D eigenvalue weighted by Gasteiger charge is 2.96. The normalized spacial score (nSPS) is 15.9. The van der Waals surface area contributed by atoms with E-state index in [0.717, 1.165) is 0 Å². The van der Waals surface area contributed by atoms with E-state index in [2.05, 4.69) is 0 Å². The van der Waals surface area contributed by atoms with Crippen LogP contribution in [-0.2, 0) is 23.6 Å². The van der Waals surface area contributed by atoms with Crippen molar-refractivity contribution in [2.75, 3.05) is 32.5 Å². The summed E-state index contributed by atoms with van der Waals surface area (Å²) in [5, 5.41) is -7.65. The molecule has 254 valence electrons. The second kappa shape index (κ2) is 12.3.